The summed E-state index contributed by atoms with van der Waals surface area (Å²) in [5, 5.41) is 11.1. The molecule has 2 N–H and O–H groups in total. The van der Waals surface area contributed by atoms with Crippen LogP contribution in [-0.4, -0.2) is 34.9 Å². The van der Waals surface area contributed by atoms with Crippen molar-refractivity contribution < 1.29 is 14.3 Å². The molecule has 0 saturated carbocycles. The van der Waals surface area contributed by atoms with Crippen molar-refractivity contribution >= 4 is 17.6 Å². The number of amides is 3. The molecule has 2 aromatic carbocycles. The second-order valence-electron chi connectivity index (χ2n) is 12.5. The average Bonchev–Trinajstić information content (AvgIpc) is 3.02. The molecule has 0 spiro atoms. The summed E-state index contributed by atoms with van der Waals surface area (Å²) in [6.45, 7) is 9.84. The number of nitrogens with one attached hydrogen (secondary N) is 2. The fourth-order valence-electron chi connectivity index (χ4n) is 5.30. The largest absolute Gasteiger partial charge is 0.487 e. The van der Waals surface area contributed by atoms with Gasteiger partial charge in [0.1, 0.15) is 5.70 Å². The molecule has 1 fully saturated rings. The van der Waals surface area contributed by atoms with Crippen LogP contribution >= 0.6 is 0 Å². The number of aromatic nitrogens is 1. The summed E-state index contributed by atoms with van der Waals surface area (Å²) < 4.78 is 6.08. The molecule has 1 saturated heterocycles. The molecule has 3 amide bonds. The number of anilines is 1. The van der Waals surface area contributed by atoms with Gasteiger partial charge in [-0.25, -0.2) is 10.2 Å². The van der Waals surface area contributed by atoms with Crippen LogP contribution in [0.2, 0.25) is 0 Å². The quantitative estimate of drug-likeness (QED) is 0.218. The van der Waals surface area contributed by atoms with E-state index in [1.54, 1.807) is 24.7 Å². The normalized spacial score (nSPS) is 17.5. The van der Waals surface area contributed by atoms with E-state index in [1.165, 1.54) is 5.56 Å². The highest BCUT2D eigenvalue weighted by Crippen LogP contribution is 2.37. The van der Waals surface area contributed by atoms with Crippen molar-refractivity contribution in [2.45, 2.75) is 53.1 Å². The van der Waals surface area contributed by atoms with E-state index in [9.17, 15) is 9.59 Å². The van der Waals surface area contributed by atoms with Crippen LogP contribution in [0, 0.1) is 18.3 Å². The molecule has 1 atom stereocenters. The third-order valence-electron chi connectivity index (χ3n) is 8.01. The number of allylic oxidation sites excluding steroid dienone is 2. The van der Waals surface area contributed by atoms with E-state index in [-0.39, 0.29) is 11.3 Å². The van der Waals surface area contributed by atoms with Gasteiger partial charge in [-0.2, -0.15) is 0 Å². The molecule has 228 valence electrons. The highest BCUT2D eigenvalue weighted by atomic mass is 16.5. The summed E-state index contributed by atoms with van der Waals surface area (Å²) in [6, 6.07) is 19.0. The van der Waals surface area contributed by atoms with E-state index in [0.717, 1.165) is 49.1 Å². The van der Waals surface area contributed by atoms with Gasteiger partial charge in [0.2, 0.25) is 0 Å². The number of piperidine rings is 1. The summed E-state index contributed by atoms with van der Waals surface area (Å²) in [5.74, 6) is 0.553. The van der Waals surface area contributed by atoms with Gasteiger partial charge in [-0.3, -0.25) is 9.78 Å². The number of ether oxygens (including phenoxy) is 1. The summed E-state index contributed by atoms with van der Waals surface area (Å²) in [7, 11) is 0. The Morgan fingerprint density at radius 3 is 2.41 bits per heavy atom. The number of aryl methyl sites for hydroxylation is 1. The van der Waals surface area contributed by atoms with Crippen molar-refractivity contribution in [1.29, 1.82) is 0 Å². The molecule has 3 heterocycles. The topological polar surface area (TPSA) is 108 Å². The van der Waals surface area contributed by atoms with Crippen molar-refractivity contribution in [2.75, 3.05) is 18.4 Å². The van der Waals surface area contributed by atoms with Crippen LogP contribution < -0.4 is 10.7 Å². The summed E-state index contributed by atoms with van der Waals surface area (Å²) in [5.41, 5.74) is 8.55. The Morgan fingerprint density at radius 1 is 1.02 bits per heavy atom. The molecule has 44 heavy (non-hydrogen) atoms. The third-order valence-corrected chi connectivity index (χ3v) is 8.01. The monoisotopic (exact) mass is 592 g/mol. The van der Waals surface area contributed by atoms with Crippen molar-refractivity contribution in [3.8, 4) is 0 Å². The molecule has 1 unspecified atom stereocenters. The number of rotatable bonds is 7. The Labute approximate surface area is 259 Å². The number of carbonyl (C=O) groups is 2. The van der Waals surface area contributed by atoms with Gasteiger partial charge in [-0.15, -0.1) is 5.11 Å². The first-order chi connectivity index (χ1) is 21.2. The lowest BCUT2D eigenvalue weighted by molar-refractivity contribution is 0.0690. The highest BCUT2D eigenvalue weighted by molar-refractivity contribution is 5.94. The fraction of sp³-hybridized carbons (Fsp3) is 0.343. The minimum Gasteiger partial charge on any atom is -0.487 e. The Bertz CT molecular complexity index is 1530. The molecule has 2 aliphatic heterocycles. The molecule has 0 radical (unpaired) electrons. The molecule has 9 heteroatoms. The molecule has 9 nitrogen and oxygen atoms in total. The van der Waals surface area contributed by atoms with Crippen LogP contribution in [0.5, 0.6) is 0 Å². The van der Waals surface area contributed by atoms with Crippen molar-refractivity contribution in [3.63, 3.8) is 0 Å². The Hall–Kier alpha value is -4.79. The Balaban J connectivity index is 1.12. The van der Waals surface area contributed by atoms with Crippen molar-refractivity contribution in [3.05, 3.63) is 119 Å². The average molecular weight is 593 g/mol. The smallest absolute Gasteiger partial charge is 0.341 e. The van der Waals surface area contributed by atoms with E-state index in [2.05, 4.69) is 46.8 Å². The standard InChI is InChI=1S/C35H40N6O3/c1-24-7-11-27(12-8-24)32-31(21-29(23-44-32)35(2,3)4)38-40-39-34(43)37-30-13-9-25(10-14-30)20-26-15-18-41(19-16-26)33(42)28-6-5-17-36-22-28/h5-14,17,21-23,26,32H,15-16,18-20H2,1-4H3,(H2,37,38,39,43). The van der Waals surface area contributed by atoms with E-state index in [4.69, 9.17) is 4.74 Å². The van der Waals surface area contributed by atoms with Crippen LogP contribution in [0.3, 0.4) is 0 Å². The van der Waals surface area contributed by atoms with E-state index in [1.807, 2.05) is 72.5 Å². The minimum atomic E-state index is -0.483. The van der Waals surface area contributed by atoms with Gasteiger partial charge >= 0.3 is 6.03 Å². The molecule has 5 rings (SSSR count). The number of hydrogen-bond donors (Lipinski definition) is 2. The van der Waals surface area contributed by atoms with Gasteiger partial charge in [0, 0.05) is 31.2 Å². The maximum absolute atomic E-state index is 12.7. The summed E-state index contributed by atoms with van der Waals surface area (Å²) >= 11 is 0. The number of likely N-dealkylation sites (tertiary alicyclic amines) is 1. The predicted octanol–water partition coefficient (Wildman–Crippen LogP) is 7.56. The number of carbonyl (C=O) groups excluding carboxylic acids is 2. The van der Waals surface area contributed by atoms with Gasteiger partial charge in [0.15, 0.2) is 6.10 Å². The molecule has 3 aromatic rings. The number of benzene rings is 2. The summed E-state index contributed by atoms with van der Waals surface area (Å²) in [4.78, 5) is 31.2. The van der Waals surface area contributed by atoms with Crippen LogP contribution in [0.25, 0.3) is 0 Å². The lowest BCUT2D eigenvalue weighted by Gasteiger charge is -2.32. The maximum Gasteiger partial charge on any atom is 0.341 e. The second kappa shape index (κ2) is 13.7. The molecule has 0 bridgehead atoms. The first kappa shape index (κ1) is 30.7. The van der Waals surface area contributed by atoms with Crippen LogP contribution in [0.15, 0.2) is 107 Å². The Morgan fingerprint density at radius 2 is 1.75 bits per heavy atom. The molecule has 1 aromatic heterocycles. The zero-order valence-corrected chi connectivity index (χ0v) is 25.8. The van der Waals surface area contributed by atoms with E-state index < -0.39 is 12.1 Å². The molecular formula is C35H40N6O3. The van der Waals surface area contributed by atoms with Crippen LogP contribution in [0.1, 0.15) is 66.8 Å². The van der Waals surface area contributed by atoms with E-state index >= 15 is 0 Å². The lowest BCUT2D eigenvalue weighted by Crippen LogP contribution is -2.38. The zero-order chi connectivity index (χ0) is 31.1. The molecule has 0 aliphatic carbocycles. The van der Waals surface area contributed by atoms with Crippen LogP contribution in [-0.2, 0) is 11.2 Å². The van der Waals surface area contributed by atoms with Gasteiger partial charge in [0.25, 0.3) is 5.91 Å². The number of urea groups is 1. The van der Waals surface area contributed by atoms with Gasteiger partial charge in [-0.1, -0.05) is 68.0 Å². The number of nitrogens with zero attached hydrogens (tertiary/aromatic N) is 4. The van der Waals surface area contributed by atoms with Gasteiger partial charge < -0.3 is 15.0 Å². The first-order valence-electron chi connectivity index (χ1n) is 15.1. The lowest BCUT2D eigenvalue weighted by atomic mass is 9.85. The first-order valence-corrected chi connectivity index (χ1v) is 15.1. The van der Waals surface area contributed by atoms with Gasteiger partial charge in [0.05, 0.1) is 11.8 Å². The van der Waals surface area contributed by atoms with Crippen molar-refractivity contribution in [1.82, 2.24) is 15.3 Å². The summed E-state index contributed by atoms with van der Waals surface area (Å²) in [6.07, 6.45) is 9.47. The Kier molecular flexibility index (Phi) is 9.53. The highest BCUT2D eigenvalue weighted by Gasteiger charge is 2.27. The molecular weight excluding hydrogens is 552 g/mol. The number of pyridine rings is 1. The van der Waals surface area contributed by atoms with E-state index in [0.29, 0.717) is 22.9 Å². The second-order valence-corrected chi connectivity index (χ2v) is 12.5. The van der Waals surface area contributed by atoms with Gasteiger partial charge in [-0.05, 0) is 84.6 Å². The SMILES string of the molecule is Cc1ccc(C2OC=C(C(C)(C)C)C=C2N=NNC(=O)Nc2ccc(CC3CCN(C(=O)c4cccnc4)CC3)cc2)cc1. The third kappa shape index (κ3) is 7.98. The number of hydrogen-bond acceptors (Lipinski definition) is 6. The maximum atomic E-state index is 12.7. The van der Waals surface area contributed by atoms with Crippen molar-refractivity contribution in [2.24, 2.45) is 21.7 Å². The molecule has 2 aliphatic rings. The predicted molar refractivity (Wildman–Crippen MR) is 171 cm³/mol. The fourth-order valence-corrected chi connectivity index (χ4v) is 5.30. The zero-order valence-electron chi connectivity index (χ0n) is 25.8. The minimum absolute atomic E-state index is 0.0474. The van der Waals surface area contributed by atoms with Crippen LogP contribution in [0.4, 0.5) is 10.5 Å².